The molecule has 0 aromatic rings. The lowest BCUT2D eigenvalue weighted by Gasteiger charge is -1.95. The highest BCUT2D eigenvalue weighted by Gasteiger charge is 1.88. The molecule has 0 aliphatic heterocycles. The normalized spacial score (nSPS) is 9.70. The van der Waals surface area contributed by atoms with E-state index in [-0.39, 0.29) is 0 Å². The number of rotatable bonds is 7. The van der Waals surface area contributed by atoms with Crippen LogP contribution in [0.2, 0.25) is 0 Å². The van der Waals surface area contributed by atoms with Gasteiger partial charge in [0, 0.05) is 13.0 Å². The maximum absolute atomic E-state index is 9.85. The van der Waals surface area contributed by atoms with Gasteiger partial charge in [0.15, 0.2) is 0 Å². The Morgan fingerprint density at radius 3 is 2.20 bits per heavy atom. The van der Waals surface area contributed by atoms with Crippen LogP contribution in [0.1, 0.15) is 38.5 Å². The SMILES string of the molecule is O=CCCCCCCCO. The molecule has 0 fully saturated rings. The monoisotopic (exact) mass is 144 g/mol. The standard InChI is InChI=1S/C8H16O2/c9-7-5-3-1-2-4-6-8-10/h7,10H,1-6,8H2. The largest absolute Gasteiger partial charge is 0.396 e. The Hall–Kier alpha value is -0.370. The number of aldehydes is 1. The van der Waals surface area contributed by atoms with Gasteiger partial charge in [-0.1, -0.05) is 19.3 Å². The highest BCUT2D eigenvalue weighted by atomic mass is 16.2. The van der Waals surface area contributed by atoms with Crippen LogP contribution < -0.4 is 0 Å². The van der Waals surface area contributed by atoms with Crippen LogP contribution in [0.5, 0.6) is 0 Å². The fourth-order valence-corrected chi connectivity index (χ4v) is 0.870. The molecule has 0 heterocycles. The van der Waals surface area contributed by atoms with Gasteiger partial charge in [-0.15, -0.1) is 0 Å². The molecule has 60 valence electrons. The van der Waals surface area contributed by atoms with Crippen molar-refractivity contribution in [2.75, 3.05) is 6.61 Å². The molecule has 0 amide bonds. The zero-order valence-electron chi connectivity index (χ0n) is 6.38. The second-order valence-electron chi connectivity index (χ2n) is 2.45. The molecule has 0 bridgehead atoms. The Kier molecular flexibility index (Phi) is 8.31. The molecule has 1 N–H and O–H groups in total. The van der Waals surface area contributed by atoms with Crippen molar-refractivity contribution in [1.29, 1.82) is 0 Å². The maximum atomic E-state index is 9.85. The van der Waals surface area contributed by atoms with Crippen LogP contribution in [0.25, 0.3) is 0 Å². The van der Waals surface area contributed by atoms with Crippen LogP contribution in [0.4, 0.5) is 0 Å². The van der Waals surface area contributed by atoms with Crippen molar-refractivity contribution in [1.82, 2.24) is 0 Å². The van der Waals surface area contributed by atoms with E-state index in [9.17, 15) is 4.79 Å². The van der Waals surface area contributed by atoms with Crippen LogP contribution in [0.15, 0.2) is 0 Å². The fraction of sp³-hybridized carbons (Fsp3) is 0.875. The van der Waals surface area contributed by atoms with Crippen molar-refractivity contribution in [3.63, 3.8) is 0 Å². The average molecular weight is 144 g/mol. The first kappa shape index (κ1) is 9.63. The Balaban J connectivity index is 2.70. The van der Waals surface area contributed by atoms with E-state index in [1.165, 1.54) is 0 Å². The van der Waals surface area contributed by atoms with Crippen LogP contribution in [-0.4, -0.2) is 18.0 Å². The van der Waals surface area contributed by atoms with Crippen LogP contribution in [0.3, 0.4) is 0 Å². The third-order valence-electron chi connectivity index (χ3n) is 1.48. The maximum Gasteiger partial charge on any atom is 0.119 e. The Morgan fingerprint density at radius 2 is 1.60 bits per heavy atom. The molecule has 0 spiro atoms. The number of hydrogen-bond acceptors (Lipinski definition) is 2. The molecule has 10 heavy (non-hydrogen) atoms. The molecule has 0 rings (SSSR count). The Bertz CT molecular complexity index is 71.7. The summed E-state index contributed by atoms with van der Waals surface area (Å²) in [7, 11) is 0. The minimum atomic E-state index is 0.299. The summed E-state index contributed by atoms with van der Waals surface area (Å²) < 4.78 is 0. The van der Waals surface area contributed by atoms with Crippen molar-refractivity contribution in [2.24, 2.45) is 0 Å². The van der Waals surface area contributed by atoms with E-state index < -0.39 is 0 Å². The van der Waals surface area contributed by atoms with E-state index in [1.54, 1.807) is 0 Å². The molecular formula is C8H16O2. The molecule has 0 radical (unpaired) electrons. The minimum Gasteiger partial charge on any atom is -0.396 e. The van der Waals surface area contributed by atoms with E-state index in [0.29, 0.717) is 13.0 Å². The van der Waals surface area contributed by atoms with Gasteiger partial charge in [0.25, 0.3) is 0 Å². The van der Waals surface area contributed by atoms with Crippen molar-refractivity contribution >= 4 is 6.29 Å². The van der Waals surface area contributed by atoms with Gasteiger partial charge in [-0.2, -0.15) is 0 Å². The second kappa shape index (κ2) is 8.63. The van der Waals surface area contributed by atoms with E-state index >= 15 is 0 Å². The zero-order valence-corrected chi connectivity index (χ0v) is 6.38. The number of carbonyl (C=O) groups is 1. The van der Waals surface area contributed by atoms with Gasteiger partial charge in [0.2, 0.25) is 0 Å². The van der Waals surface area contributed by atoms with Crippen molar-refractivity contribution in [3.8, 4) is 0 Å². The van der Waals surface area contributed by atoms with Crippen molar-refractivity contribution in [3.05, 3.63) is 0 Å². The lowest BCUT2D eigenvalue weighted by atomic mass is 10.1. The van der Waals surface area contributed by atoms with Gasteiger partial charge in [-0.25, -0.2) is 0 Å². The summed E-state index contributed by atoms with van der Waals surface area (Å²) in [4.78, 5) is 9.85. The van der Waals surface area contributed by atoms with Gasteiger partial charge in [-0.05, 0) is 12.8 Å². The Morgan fingerprint density at radius 1 is 1.00 bits per heavy atom. The molecule has 2 heteroatoms. The first-order valence-electron chi connectivity index (χ1n) is 3.96. The first-order valence-corrected chi connectivity index (χ1v) is 3.96. The lowest BCUT2D eigenvalue weighted by Crippen LogP contribution is -1.83. The van der Waals surface area contributed by atoms with Gasteiger partial charge in [0.05, 0.1) is 0 Å². The molecule has 0 saturated heterocycles. The van der Waals surface area contributed by atoms with Crippen LogP contribution in [-0.2, 0) is 4.79 Å². The first-order chi connectivity index (χ1) is 4.91. The highest BCUT2D eigenvalue weighted by molar-refractivity contribution is 5.48. The van der Waals surface area contributed by atoms with E-state index in [1.807, 2.05) is 0 Å². The summed E-state index contributed by atoms with van der Waals surface area (Å²) >= 11 is 0. The lowest BCUT2D eigenvalue weighted by molar-refractivity contribution is -0.107. The number of carbonyl (C=O) groups excluding carboxylic acids is 1. The number of hydrogen-bond donors (Lipinski definition) is 1. The molecule has 2 nitrogen and oxygen atoms in total. The molecule has 0 aliphatic carbocycles. The summed E-state index contributed by atoms with van der Waals surface area (Å²) in [5.41, 5.74) is 0. The quantitative estimate of drug-likeness (QED) is 0.434. The highest BCUT2D eigenvalue weighted by Crippen LogP contribution is 2.03. The van der Waals surface area contributed by atoms with Gasteiger partial charge in [-0.3, -0.25) is 0 Å². The fourth-order valence-electron chi connectivity index (χ4n) is 0.870. The predicted octanol–water partition coefficient (Wildman–Crippen LogP) is 1.52. The molecular weight excluding hydrogens is 128 g/mol. The summed E-state index contributed by atoms with van der Waals surface area (Å²) in [6.45, 7) is 0.299. The average Bonchev–Trinajstić information content (AvgIpc) is 1.97. The van der Waals surface area contributed by atoms with Crippen molar-refractivity contribution < 1.29 is 9.90 Å². The van der Waals surface area contributed by atoms with Gasteiger partial charge >= 0.3 is 0 Å². The number of aliphatic hydroxyl groups excluding tert-OH is 1. The summed E-state index contributed by atoms with van der Waals surface area (Å²) in [6.07, 6.45) is 6.93. The van der Waals surface area contributed by atoms with Gasteiger partial charge in [0.1, 0.15) is 6.29 Å². The third kappa shape index (κ3) is 7.63. The van der Waals surface area contributed by atoms with Crippen LogP contribution in [0, 0.1) is 0 Å². The Labute approximate surface area is 62.2 Å². The molecule has 0 atom stereocenters. The molecule has 0 unspecified atom stereocenters. The van der Waals surface area contributed by atoms with Gasteiger partial charge < -0.3 is 9.90 Å². The summed E-state index contributed by atoms with van der Waals surface area (Å²) in [5.74, 6) is 0. The van der Waals surface area contributed by atoms with Crippen molar-refractivity contribution in [2.45, 2.75) is 38.5 Å². The summed E-state index contributed by atoms with van der Waals surface area (Å²) in [6, 6.07) is 0. The van der Waals surface area contributed by atoms with E-state index in [2.05, 4.69) is 0 Å². The number of unbranched alkanes of at least 4 members (excludes halogenated alkanes) is 5. The second-order valence-corrected chi connectivity index (χ2v) is 2.45. The smallest absolute Gasteiger partial charge is 0.119 e. The van der Waals surface area contributed by atoms with E-state index in [4.69, 9.17) is 5.11 Å². The predicted molar refractivity (Wildman–Crippen MR) is 40.9 cm³/mol. The number of aliphatic hydroxyl groups is 1. The van der Waals surface area contributed by atoms with E-state index in [0.717, 1.165) is 38.4 Å². The molecule has 0 aliphatic rings. The minimum absolute atomic E-state index is 0.299. The third-order valence-corrected chi connectivity index (χ3v) is 1.48. The molecule has 0 saturated carbocycles. The van der Waals surface area contributed by atoms with Crippen LogP contribution >= 0.6 is 0 Å². The zero-order chi connectivity index (χ0) is 7.66. The molecule has 0 aromatic heterocycles. The summed E-state index contributed by atoms with van der Waals surface area (Å²) in [5, 5.41) is 8.41. The topological polar surface area (TPSA) is 37.3 Å². The molecule has 0 aromatic carbocycles.